The number of hydrogen-bond donors (Lipinski definition) is 2. The Bertz CT molecular complexity index is 1530. The monoisotopic (exact) mass is 560 g/mol. The van der Waals surface area contributed by atoms with Crippen molar-refractivity contribution in [2.75, 3.05) is 30.5 Å². The van der Waals surface area contributed by atoms with Crippen LogP contribution >= 0.6 is 0 Å². The Balaban J connectivity index is 1.68. The zero-order valence-electron chi connectivity index (χ0n) is 23.7. The third-order valence-corrected chi connectivity index (χ3v) is 9.13. The van der Waals surface area contributed by atoms with Gasteiger partial charge in [0.1, 0.15) is 11.7 Å². The highest BCUT2D eigenvalue weighted by Gasteiger charge is 2.26. The first kappa shape index (κ1) is 29.3. The van der Waals surface area contributed by atoms with Gasteiger partial charge in [0.15, 0.2) is 0 Å². The van der Waals surface area contributed by atoms with Crippen molar-refractivity contribution in [3.8, 4) is 0 Å². The fourth-order valence-corrected chi connectivity index (χ4v) is 6.44. The molecule has 212 valence electrons. The first-order valence-corrected chi connectivity index (χ1v) is 15.4. The summed E-state index contributed by atoms with van der Waals surface area (Å²) in [6.07, 6.45) is 2.51. The molecule has 0 aliphatic rings. The lowest BCUT2D eigenvalue weighted by atomic mass is 10.1. The number of rotatable bonds is 14. The molecular weight excluding hydrogens is 520 g/mol. The van der Waals surface area contributed by atoms with Gasteiger partial charge in [-0.1, -0.05) is 63.2 Å². The highest BCUT2D eigenvalue weighted by Crippen LogP contribution is 2.28. The Morgan fingerprint density at radius 3 is 2.25 bits per heavy atom. The number of nitrogens with zero attached hydrogens (tertiary/aromatic N) is 4. The third-order valence-electron chi connectivity index (χ3n) is 7.29. The van der Waals surface area contributed by atoms with Crippen molar-refractivity contribution >= 4 is 32.6 Å². The lowest BCUT2D eigenvalue weighted by molar-refractivity contribution is 0.313. The van der Waals surface area contributed by atoms with Crippen LogP contribution in [0.2, 0.25) is 0 Å². The minimum atomic E-state index is -3.76. The number of fused-ring (bicyclic) bond motifs is 1. The standard InChI is InChI=1S/C31H40N6O2S/c1-4-20-36-29-18-17-26(23-28(29)34-30(36)19-14-24-12-15-25(16-13-24)31(32)33)37(22-21-35(5-2)6-3)40(38,39)27-10-8-7-9-11-27/h7-13,15-18,23H,4-6,14,19-22H2,1-3H3,(H3,32,33). The van der Waals surface area contributed by atoms with E-state index in [1.165, 1.54) is 4.31 Å². The molecule has 0 amide bonds. The van der Waals surface area contributed by atoms with Gasteiger partial charge in [0.05, 0.1) is 21.6 Å². The zero-order chi connectivity index (χ0) is 28.7. The van der Waals surface area contributed by atoms with Crippen LogP contribution in [0, 0.1) is 5.41 Å². The summed E-state index contributed by atoms with van der Waals surface area (Å²) in [5, 5.41) is 7.60. The highest BCUT2D eigenvalue weighted by molar-refractivity contribution is 7.92. The van der Waals surface area contributed by atoms with Gasteiger partial charge in [-0.3, -0.25) is 9.71 Å². The summed E-state index contributed by atoms with van der Waals surface area (Å²) in [7, 11) is -3.76. The lowest BCUT2D eigenvalue weighted by Crippen LogP contribution is -2.38. The first-order chi connectivity index (χ1) is 19.3. The molecule has 40 heavy (non-hydrogen) atoms. The van der Waals surface area contributed by atoms with Crippen LogP contribution in [0.4, 0.5) is 5.69 Å². The van der Waals surface area contributed by atoms with E-state index < -0.39 is 10.0 Å². The van der Waals surface area contributed by atoms with Gasteiger partial charge >= 0.3 is 0 Å². The number of nitrogens with two attached hydrogens (primary N) is 1. The molecule has 0 saturated heterocycles. The van der Waals surface area contributed by atoms with Gasteiger partial charge in [-0.25, -0.2) is 13.4 Å². The number of benzene rings is 3. The summed E-state index contributed by atoms with van der Waals surface area (Å²) in [6, 6.07) is 22.2. The summed E-state index contributed by atoms with van der Waals surface area (Å²) in [5.41, 5.74) is 9.88. The number of aromatic nitrogens is 2. The number of anilines is 1. The average Bonchev–Trinajstić information content (AvgIpc) is 3.31. The molecule has 3 aromatic carbocycles. The Hall–Kier alpha value is -3.69. The van der Waals surface area contributed by atoms with Gasteiger partial charge in [-0.15, -0.1) is 0 Å². The summed E-state index contributed by atoms with van der Waals surface area (Å²) >= 11 is 0. The lowest BCUT2D eigenvalue weighted by Gasteiger charge is -2.27. The van der Waals surface area contributed by atoms with E-state index in [9.17, 15) is 8.42 Å². The second-order valence-corrected chi connectivity index (χ2v) is 11.7. The van der Waals surface area contributed by atoms with Gasteiger partial charge in [-0.2, -0.15) is 0 Å². The number of nitrogen functional groups attached to an aromatic ring is 1. The molecule has 4 aromatic rings. The maximum Gasteiger partial charge on any atom is 0.264 e. The Morgan fingerprint density at radius 2 is 1.62 bits per heavy atom. The number of nitrogens with one attached hydrogen (secondary N) is 1. The van der Waals surface area contributed by atoms with Crippen LogP contribution in [0.1, 0.15) is 44.1 Å². The molecule has 3 N–H and O–H groups in total. The molecular formula is C31H40N6O2S. The molecule has 1 aromatic heterocycles. The van der Waals surface area contributed by atoms with Crippen molar-refractivity contribution in [2.24, 2.45) is 5.73 Å². The van der Waals surface area contributed by atoms with Crippen LogP contribution in [0.5, 0.6) is 0 Å². The van der Waals surface area contributed by atoms with Crippen LogP contribution in [-0.4, -0.2) is 54.9 Å². The van der Waals surface area contributed by atoms with E-state index >= 15 is 0 Å². The van der Waals surface area contributed by atoms with Crippen LogP contribution in [0.3, 0.4) is 0 Å². The SMILES string of the molecule is CCCn1c(CCc2ccc(C(=N)N)cc2)nc2cc(N(CCN(CC)CC)S(=O)(=O)c3ccccc3)ccc21. The first-order valence-electron chi connectivity index (χ1n) is 14.0. The van der Waals surface area contributed by atoms with Crippen molar-refractivity contribution < 1.29 is 8.42 Å². The normalized spacial score (nSPS) is 11.8. The molecule has 0 atom stereocenters. The smallest absolute Gasteiger partial charge is 0.264 e. The van der Waals surface area contributed by atoms with Crippen molar-refractivity contribution in [3.05, 3.63) is 89.7 Å². The van der Waals surface area contributed by atoms with Crippen LogP contribution in [0.25, 0.3) is 11.0 Å². The fourth-order valence-electron chi connectivity index (χ4n) is 4.97. The van der Waals surface area contributed by atoms with Crippen molar-refractivity contribution in [1.29, 1.82) is 5.41 Å². The molecule has 0 spiro atoms. The second kappa shape index (κ2) is 13.1. The molecule has 8 nitrogen and oxygen atoms in total. The molecule has 0 bridgehead atoms. The maximum atomic E-state index is 13.8. The largest absolute Gasteiger partial charge is 0.384 e. The maximum absolute atomic E-state index is 13.8. The molecule has 1 heterocycles. The molecule has 9 heteroatoms. The molecule has 0 fully saturated rings. The number of sulfonamides is 1. The van der Waals surface area contributed by atoms with Gasteiger partial charge < -0.3 is 15.2 Å². The molecule has 0 aliphatic carbocycles. The quantitative estimate of drug-likeness (QED) is 0.166. The fraction of sp³-hybridized carbons (Fsp3) is 0.355. The van der Waals surface area contributed by atoms with E-state index in [-0.39, 0.29) is 10.7 Å². The van der Waals surface area contributed by atoms with E-state index in [0.717, 1.165) is 61.3 Å². The predicted molar refractivity (Wildman–Crippen MR) is 164 cm³/mol. The van der Waals surface area contributed by atoms with E-state index in [1.54, 1.807) is 24.3 Å². The van der Waals surface area contributed by atoms with Crippen LogP contribution in [-0.2, 0) is 29.4 Å². The summed E-state index contributed by atoms with van der Waals surface area (Å²) < 4.78 is 31.4. The molecule has 0 aliphatic heterocycles. The van der Waals surface area contributed by atoms with Gasteiger partial charge in [0, 0.05) is 31.6 Å². The van der Waals surface area contributed by atoms with E-state index in [4.69, 9.17) is 16.1 Å². The Morgan fingerprint density at radius 1 is 0.925 bits per heavy atom. The van der Waals surface area contributed by atoms with E-state index in [2.05, 4.69) is 30.2 Å². The number of imidazole rings is 1. The van der Waals surface area contributed by atoms with Gasteiger partial charge in [0.2, 0.25) is 0 Å². The highest BCUT2D eigenvalue weighted by atomic mass is 32.2. The minimum Gasteiger partial charge on any atom is -0.384 e. The van der Waals surface area contributed by atoms with Crippen LogP contribution < -0.4 is 10.0 Å². The van der Waals surface area contributed by atoms with Crippen LogP contribution in [0.15, 0.2) is 77.7 Å². The number of likely N-dealkylation sites (N-methyl/N-ethyl adjacent to an activating group) is 1. The molecule has 0 unspecified atom stereocenters. The van der Waals surface area contributed by atoms with Crippen molar-refractivity contribution in [3.63, 3.8) is 0 Å². The summed E-state index contributed by atoms with van der Waals surface area (Å²) in [5.74, 6) is 1.04. The average molecular weight is 561 g/mol. The zero-order valence-corrected chi connectivity index (χ0v) is 24.5. The Labute approximate surface area is 238 Å². The van der Waals surface area contributed by atoms with E-state index in [1.807, 2.05) is 48.5 Å². The number of hydrogen-bond acceptors (Lipinski definition) is 5. The topological polar surface area (TPSA) is 108 Å². The summed E-state index contributed by atoms with van der Waals surface area (Å²) in [6.45, 7) is 9.86. The minimum absolute atomic E-state index is 0.0625. The molecule has 4 rings (SSSR count). The van der Waals surface area contributed by atoms with Gasteiger partial charge in [0.25, 0.3) is 10.0 Å². The second-order valence-electron chi connectivity index (χ2n) is 9.88. The third kappa shape index (κ3) is 6.54. The number of amidine groups is 1. The summed E-state index contributed by atoms with van der Waals surface area (Å²) in [4.78, 5) is 7.50. The predicted octanol–water partition coefficient (Wildman–Crippen LogP) is 5.05. The molecule has 0 radical (unpaired) electrons. The number of aryl methyl sites for hydroxylation is 3. The van der Waals surface area contributed by atoms with Crippen molar-refractivity contribution in [2.45, 2.75) is 51.5 Å². The Kier molecular flexibility index (Phi) is 9.60. The van der Waals surface area contributed by atoms with Crippen molar-refractivity contribution in [1.82, 2.24) is 14.5 Å². The molecule has 0 saturated carbocycles. The van der Waals surface area contributed by atoms with E-state index in [0.29, 0.717) is 24.3 Å². The van der Waals surface area contributed by atoms with Gasteiger partial charge in [-0.05, 0) is 61.8 Å².